The van der Waals surface area contributed by atoms with Crippen molar-refractivity contribution in [3.8, 4) is 0 Å². The van der Waals surface area contributed by atoms with Crippen molar-refractivity contribution in [1.82, 2.24) is 9.80 Å². The molecule has 2 aliphatic heterocycles. The second-order valence-electron chi connectivity index (χ2n) is 6.44. The lowest BCUT2D eigenvalue weighted by Crippen LogP contribution is -2.59. The van der Waals surface area contributed by atoms with Gasteiger partial charge in [-0.2, -0.15) is 0 Å². The predicted octanol–water partition coefficient (Wildman–Crippen LogP) is 1.59. The topological polar surface area (TPSA) is 38.1 Å². The largest absolute Gasteiger partial charge is 0.468 e. The highest BCUT2D eigenvalue weighted by atomic mass is 16.5. The van der Waals surface area contributed by atoms with Gasteiger partial charge in [0.15, 0.2) is 0 Å². The minimum absolute atomic E-state index is 0.203. The Bertz CT molecular complexity index is 435. The van der Waals surface area contributed by atoms with Crippen LogP contribution in [0.1, 0.15) is 19.6 Å². The Hall–Kier alpha value is -0.880. The third-order valence-electron chi connectivity index (χ3n) is 4.40. The van der Waals surface area contributed by atoms with Gasteiger partial charge in [0.25, 0.3) is 0 Å². The van der Waals surface area contributed by atoms with Gasteiger partial charge in [0, 0.05) is 32.2 Å². The summed E-state index contributed by atoms with van der Waals surface area (Å²) in [4.78, 5) is 4.87. The Balaban J connectivity index is 1.67. The number of hydrogen-bond acceptors (Lipinski definition) is 5. The highest BCUT2D eigenvalue weighted by Gasteiger charge is 2.40. The Morgan fingerprint density at radius 2 is 2.14 bits per heavy atom. The fourth-order valence-corrected chi connectivity index (χ4v) is 3.24. The molecule has 2 saturated heterocycles. The number of morpholine rings is 1. The van der Waals surface area contributed by atoms with Crippen molar-refractivity contribution in [3.63, 3.8) is 0 Å². The molecule has 3 rings (SSSR count). The first kappa shape index (κ1) is 15.0. The lowest BCUT2D eigenvalue weighted by molar-refractivity contribution is -0.145. The molecule has 5 heteroatoms. The van der Waals surface area contributed by atoms with Crippen molar-refractivity contribution < 1.29 is 13.9 Å². The van der Waals surface area contributed by atoms with Crippen molar-refractivity contribution in [2.75, 3.05) is 46.0 Å². The maximum Gasteiger partial charge on any atom is 0.117 e. The van der Waals surface area contributed by atoms with Gasteiger partial charge in [-0.15, -0.1) is 0 Å². The van der Waals surface area contributed by atoms with Crippen molar-refractivity contribution in [2.24, 2.45) is 0 Å². The molecule has 0 amide bonds. The lowest BCUT2D eigenvalue weighted by Gasteiger charge is -2.43. The molecule has 1 aromatic rings. The van der Waals surface area contributed by atoms with Crippen LogP contribution in [-0.4, -0.2) is 67.4 Å². The third kappa shape index (κ3) is 3.66. The first-order valence-electron chi connectivity index (χ1n) is 7.87. The van der Waals surface area contributed by atoms with Crippen LogP contribution in [-0.2, 0) is 16.0 Å². The molecule has 0 saturated carbocycles. The quantitative estimate of drug-likeness (QED) is 0.846. The molecule has 1 atom stereocenters. The Kier molecular flexibility index (Phi) is 4.64. The molecule has 0 radical (unpaired) electrons. The SMILES string of the molecule is CC(C)N1CCOC[C@]2(CN(Cc3ccco3)CCO2)C1. The van der Waals surface area contributed by atoms with Gasteiger partial charge >= 0.3 is 0 Å². The van der Waals surface area contributed by atoms with Crippen molar-refractivity contribution >= 4 is 0 Å². The van der Waals surface area contributed by atoms with E-state index in [1.165, 1.54) is 0 Å². The van der Waals surface area contributed by atoms with E-state index in [0.717, 1.165) is 51.7 Å². The first-order chi connectivity index (χ1) is 10.2. The summed E-state index contributed by atoms with van der Waals surface area (Å²) in [6.45, 7) is 11.3. The number of nitrogens with zero attached hydrogens (tertiary/aromatic N) is 2. The van der Waals surface area contributed by atoms with E-state index in [1.807, 2.05) is 12.1 Å². The molecule has 0 aromatic carbocycles. The smallest absolute Gasteiger partial charge is 0.117 e. The van der Waals surface area contributed by atoms with Crippen LogP contribution in [0, 0.1) is 0 Å². The Labute approximate surface area is 126 Å². The van der Waals surface area contributed by atoms with Crippen LogP contribution < -0.4 is 0 Å². The average molecular weight is 294 g/mol. The van der Waals surface area contributed by atoms with E-state index >= 15 is 0 Å². The van der Waals surface area contributed by atoms with Crippen LogP contribution in [0.4, 0.5) is 0 Å². The number of rotatable bonds is 3. The average Bonchev–Trinajstić information content (AvgIpc) is 2.87. The van der Waals surface area contributed by atoms with Crippen molar-refractivity contribution in [2.45, 2.75) is 32.0 Å². The number of furan rings is 1. The summed E-state index contributed by atoms with van der Waals surface area (Å²) in [5, 5.41) is 0. The van der Waals surface area contributed by atoms with Crippen LogP contribution >= 0.6 is 0 Å². The minimum atomic E-state index is -0.203. The van der Waals surface area contributed by atoms with Gasteiger partial charge in [-0.3, -0.25) is 9.80 Å². The highest BCUT2D eigenvalue weighted by Crippen LogP contribution is 2.24. The summed E-state index contributed by atoms with van der Waals surface area (Å²) in [5.41, 5.74) is -0.203. The molecule has 2 fully saturated rings. The van der Waals surface area contributed by atoms with E-state index in [-0.39, 0.29) is 5.60 Å². The summed E-state index contributed by atoms with van der Waals surface area (Å²) in [6.07, 6.45) is 1.74. The summed E-state index contributed by atoms with van der Waals surface area (Å²) in [5.74, 6) is 1.02. The number of ether oxygens (including phenoxy) is 2. The summed E-state index contributed by atoms with van der Waals surface area (Å²) < 4.78 is 17.5. The molecule has 1 aromatic heterocycles. The number of hydrogen-bond donors (Lipinski definition) is 0. The van der Waals surface area contributed by atoms with Gasteiger partial charge in [-0.05, 0) is 26.0 Å². The zero-order chi connectivity index (χ0) is 14.7. The molecule has 2 aliphatic rings. The zero-order valence-electron chi connectivity index (χ0n) is 13.1. The van der Waals surface area contributed by atoms with Gasteiger partial charge in [0.2, 0.25) is 0 Å². The van der Waals surface area contributed by atoms with Crippen LogP contribution in [0.15, 0.2) is 22.8 Å². The van der Waals surface area contributed by atoms with Crippen LogP contribution in [0.5, 0.6) is 0 Å². The zero-order valence-corrected chi connectivity index (χ0v) is 13.1. The molecule has 0 N–H and O–H groups in total. The molecule has 21 heavy (non-hydrogen) atoms. The molecule has 118 valence electrons. The van der Waals surface area contributed by atoms with Gasteiger partial charge < -0.3 is 13.9 Å². The summed E-state index contributed by atoms with van der Waals surface area (Å²) >= 11 is 0. The van der Waals surface area contributed by atoms with Crippen LogP contribution in [0.3, 0.4) is 0 Å². The highest BCUT2D eigenvalue weighted by molar-refractivity contribution is 5.00. The normalized spacial score (nSPS) is 29.1. The monoisotopic (exact) mass is 294 g/mol. The predicted molar refractivity (Wildman–Crippen MR) is 80.2 cm³/mol. The third-order valence-corrected chi connectivity index (χ3v) is 4.40. The van der Waals surface area contributed by atoms with Crippen LogP contribution in [0.25, 0.3) is 0 Å². The van der Waals surface area contributed by atoms with E-state index in [4.69, 9.17) is 13.9 Å². The van der Waals surface area contributed by atoms with E-state index < -0.39 is 0 Å². The molecular weight excluding hydrogens is 268 g/mol. The first-order valence-corrected chi connectivity index (χ1v) is 7.87. The fraction of sp³-hybridized carbons (Fsp3) is 0.750. The molecule has 0 unspecified atom stereocenters. The van der Waals surface area contributed by atoms with Crippen LogP contribution in [0.2, 0.25) is 0 Å². The van der Waals surface area contributed by atoms with Gasteiger partial charge in [0.1, 0.15) is 11.4 Å². The molecule has 5 nitrogen and oxygen atoms in total. The molecule has 0 bridgehead atoms. The van der Waals surface area contributed by atoms with E-state index in [2.05, 4.69) is 23.6 Å². The lowest BCUT2D eigenvalue weighted by atomic mass is 10.0. The van der Waals surface area contributed by atoms with Gasteiger partial charge in [-0.25, -0.2) is 0 Å². The summed E-state index contributed by atoms with van der Waals surface area (Å²) in [6, 6.07) is 4.50. The molecule has 3 heterocycles. The van der Waals surface area contributed by atoms with E-state index in [1.54, 1.807) is 6.26 Å². The summed E-state index contributed by atoms with van der Waals surface area (Å²) in [7, 11) is 0. The second-order valence-corrected chi connectivity index (χ2v) is 6.44. The minimum Gasteiger partial charge on any atom is -0.468 e. The fourth-order valence-electron chi connectivity index (χ4n) is 3.24. The maximum absolute atomic E-state index is 6.18. The molecule has 0 aliphatic carbocycles. The van der Waals surface area contributed by atoms with Gasteiger partial charge in [0.05, 0.1) is 32.6 Å². The second kappa shape index (κ2) is 6.48. The standard InChI is InChI=1S/C16H26N2O3/c1-14(2)18-6-8-19-13-16(12-18)11-17(5-9-21-16)10-15-4-3-7-20-15/h3-4,7,14H,5-6,8-13H2,1-2H3/t16-/m0/s1. The molecule has 1 spiro atoms. The van der Waals surface area contributed by atoms with E-state index in [0.29, 0.717) is 12.6 Å². The molecular formula is C16H26N2O3. The van der Waals surface area contributed by atoms with Gasteiger partial charge in [-0.1, -0.05) is 0 Å². The van der Waals surface area contributed by atoms with Crippen molar-refractivity contribution in [3.05, 3.63) is 24.2 Å². The Morgan fingerprint density at radius 1 is 1.24 bits per heavy atom. The van der Waals surface area contributed by atoms with Crippen molar-refractivity contribution in [1.29, 1.82) is 0 Å². The maximum atomic E-state index is 6.18. The Morgan fingerprint density at radius 3 is 2.90 bits per heavy atom. The van der Waals surface area contributed by atoms with E-state index in [9.17, 15) is 0 Å².